The number of aliphatic hydroxyl groups is 2. The number of allylic oxidation sites excluding steroid dienone is 1. The maximum absolute atomic E-state index is 14.4. The molecule has 2 aliphatic carbocycles. The highest BCUT2D eigenvalue weighted by Gasteiger charge is 2.65. The molecule has 6 atom stereocenters. The first-order chi connectivity index (χ1) is 28.3. The third kappa shape index (κ3) is 8.37. The summed E-state index contributed by atoms with van der Waals surface area (Å²) in [6.45, 7) is 4.44. The van der Waals surface area contributed by atoms with Gasteiger partial charge in [0.25, 0.3) is 0 Å². The number of likely N-dealkylation sites (N-methyl/N-ethyl adjacent to an activating group) is 1. The zero-order valence-corrected chi connectivity index (χ0v) is 33.8. The van der Waals surface area contributed by atoms with Crippen LogP contribution < -0.4 is 14.2 Å². The minimum Gasteiger partial charge on any atom is -0.497 e. The van der Waals surface area contributed by atoms with Crippen LogP contribution in [0.25, 0.3) is 10.8 Å². The van der Waals surface area contributed by atoms with Crippen molar-refractivity contribution >= 4 is 22.4 Å². The van der Waals surface area contributed by atoms with Crippen molar-refractivity contribution in [1.82, 2.24) is 4.90 Å². The van der Waals surface area contributed by atoms with Crippen molar-refractivity contribution in [3.8, 4) is 23.0 Å². The van der Waals surface area contributed by atoms with Gasteiger partial charge in [0.2, 0.25) is 11.7 Å². The lowest BCUT2D eigenvalue weighted by atomic mass is 9.55. The Balaban J connectivity index is 1.38. The topological polar surface area (TPSA) is 119 Å². The monoisotopic (exact) mass is 788 g/mol. The van der Waals surface area contributed by atoms with Gasteiger partial charge in [0.15, 0.2) is 0 Å². The number of fused-ring (bicyclic) bond motifs is 3. The van der Waals surface area contributed by atoms with Crippen molar-refractivity contribution in [1.29, 1.82) is 0 Å². The second-order valence-corrected chi connectivity index (χ2v) is 15.6. The Morgan fingerprint density at radius 2 is 1.67 bits per heavy atom. The number of hydrogen-bond donors (Lipinski definition) is 2. The summed E-state index contributed by atoms with van der Waals surface area (Å²) in [5, 5.41) is 26.6. The Hall–Kier alpha value is -5.16. The molecule has 1 aliphatic heterocycles. The first-order valence-electron chi connectivity index (χ1n) is 20.5. The molecule has 4 aromatic carbocycles. The minimum atomic E-state index is -1.32. The van der Waals surface area contributed by atoms with Crippen molar-refractivity contribution < 1.29 is 38.8 Å². The van der Waals surface area contributed by atoms with Gasteiger partial charge in [0.1, 0.15) is 36.1 Å². The molecular formula is C48H56N2O8. The summed E-state index contributed by atoms with van der Waals surface area (Å²) in [6, 6.07) is 27.3. The lowest BCUT2D eigenvalue weighted by Gasteiger charge is -2.59. The number of unbranched alkanes of at least 4 members (excludes halogenated alkanes) is 2. The molecule has 58 heavy (non-hydrogen) atoms. The summed E-state index contributed by atoms with van der Waals surface area (Å²) < 4.78 is 26.3. The van der Waals surface area contributed by atoms with Crippen LogP contribution in [0.2, 0.25) is 0 Å². The Morgan fingerprint density at radius 3 is 2.43 bits per heavy atom. The number of methoxy groups -OCH3 is 1. The molecule has 10 nitrogen and oxygen atoms in total. The fourth-order valence-electron chi connectivity index (χ4n) is 9.52. The van der Waals surface area contributed by atoms with Crippen LogP contribution in [-0.4, -0.2) is 79.6 Å². The molecule has 2 N–H and O–H groups in total. The Kier molecular flexibility index (Phi) is 13.2. The van der Waals surface area contributed by atoms with E-state index in [1.807, 2.05) is 67.7 Å². The molecule has 3 aliphatic rings. The standard InChI is InChI=1S/C48H56N2O8/c1-5-25-56-48-44(50(2)45(53)27-32-13-12-17-36(26-32)54-3)31-42(49-55-4)40-29-35(16-8-10-23-51)39(18-9-11-24-52)46(47(40)48)41-30-38(21-22-43(41)58-48)57-37-20-19-33-14-6-7-15-34(33)28-37/h5-7,12-15,17,19-22,26,28-30,35,39,44,46-47,51-52H,1,8-11,16,18,23-25,27,31H2,2-4H3/t35-,39+,44-,46+,47+,48+/m0/s1. The highest BCUT2D eigenvalue weighted by molar-refractivity contribution is 6.03. The van der Waals surface area contributed by atoms with Gasteiger partial charge >= 0.3 is 0 Å². The molecule has 0 spiro atoms. The molecule has 4 aromatic rings. The van der Waals surface area contributed by atoms with E-state index >= 15 is 0 Å². The minimum absolute atomic E-state index is 0.101. The SMILES string of the molecule is C=CCO[C@@]12Oc3ccc(Oc4ccc5ccccc5c4)cc3[C@H]3[C@H](CCCCO)[C@@H](CCCCO)C=C(C(=NOC)C[C@@H]1N(C)C(=O)Cc1cccc(OC)c1)[C@H]32. The lowest BCUT2D eigenvalue weighted by Crippen LogP contribution is -2.69. The Labute approximate surface area is 341 Å². The molecule has 0 unspecified atom stereocenters. The predicted molar refractivity (Wildman–Crippen MR) is 225 cm³/mol. The van der Waals surface area contributed by atoms with Gasteiger partial charge in [-0.15, -0.1) is 6.58 Å². The van der Waals surface area contributed by atoms with E-state index in [0.717, 1.165) is 64.6 Å². The van der Waals surface area contributed by atoms with E-state index < -0.39 is 17.7 Å². The summed E-state index contributed by atoms with van der Waals surface area (Å²) in [5.41, 5.74) is 3.56. The van der Waals surface area contributed by atoms with Gasteiger partial charge in [-0.1, -0.05) is 72.6 Å². The molecular weight excluding hydrogens is 733 g/mol. The van der Waals surface area contributed by atoms with Crippen LogP contribution >= 0.6 is 0 Å². The Bertz CT molecular complexity index is 2130. The second-order valence-electron chi connectivity index (χ2n) is 15.6. The van der Waals surface area contributed by atoms with Gasteiger partial charge in [0.05, 0.1) is 31.8 Å². The van der Waals surface area contributed by atoms with E-state index in [0.29, 0.717) is 36.5 Å². The van der Waals surface area contributed by atoms with Crippen LogP contribution in [0.5, 0.6) is 23.0 Å². The zero-order chi connectivity index (χ0) is 40.6. The summed E-state index contributed by atoms with van der Waals surface area (Å²) in [4.78, 5) is 21.7. The number of nitrogens with zero attached hydrogens (tertiary/aromatic N) is 2. The van der Waals surface area contributed by atoms with Gasteiger partial charge in [-0.25, -0.2) is 0 Å². The maximum atomic E-state index is 14.4. The zero-order valence-electron chi connectivity index (χ0n) is 33.8. The molecule has 0 bridgehead atoms. The number of carbonyl (C=O) groups is 1. The predicted octanol–water partition coefficient (Wildman–Crippen LogP) is 8.61. The molecule has 7 rings (SSSR count). The molecule has 1 amide bonds. The average Bonchev–Trinajstić information content (AvgIpc) is 3.24. The molecule has 0 saturated heterocycles. The largest absolute Gasteiger partial charge is 0.497 e. The van der Waals surface area contributed by atoms with E-state index in [9.17, 15) is 15.0 Å². The second kappa shape index (κ2) is 18.6. The van der Waals surface area contributed by atoms with Crippen molar-refractivity contribution in [2.24, 2.45) is 22.9 Å². The van der Waals surface area contributed by atoms with Crippen LogP contribution in [-0.2, 0) is 20.8 Å². The van der Waals surface area contributed by atoms with E-state index in [1.165, 1.54) is 0 Å². The number of amides is 1. The highest BCUT2D eigenvalue weighted by atomic mass is 16.7. The van der Waals surface area contributed by atoms with Crippen molar-refractivity contribution in [3.05, 3.63) is 120 Å². The van der Waals surface area contributed by atoms with Gasteiger partial charge in [-0.05, 0) is 102 Å². The molecule has 1 saturated carbocycles. The number of ether oxygens (including phenoxy) is 4. The van der Waals surface area contributed by atoms with Crippen LogP contribution in [0.15, 0.2) is 114 Å². The summed E-state index contributed by atoms with van der Waals surface area (Å²) in [6.07, 6.45) is 9.31. The fourth-order valence-corrected chi connectivity index (χ4v) is 9.52. The van der Waals surface area contributed by atoms with Crippen LogP contribution in [0, 0.1) is 17.8 Å². The summed E-state index contributed by atoms with van der Waals surface area (Å²) >= 11 is 0. The third-order valence-electron chi connectivity index (χ3n) is 12.2. The van der Waals surface area contributed by atoms with Gasteiger partial charge < -0.3 is 38.9 Å². The smallest absolute Gasteiger partial charge is 0.239 e. The van der Waals surface area contributed by atoms with E-state index in [2.05, 4.69) is 42.1 Å². The highest BCUT2D eigenvalue weighted by Crippen LogP contribution is 2.62. The third-order valence-corrected chi connectivity index (χ3v) is 12.2. The molecule has 0 radical (unpaired) electrons. The number of hydrogen-bond acceptors (Lipinski definition) is 9. The van der Waals surface area contributed by atoms with Gasteiger partial charge in [0, 0.05) is 38.2 Å². The maximum Gasteiger partial charge on any atom is 0.239 e. The summed E-state index contributed by atoms with van der Waals surface area (Å²) in [5.74, 6) is 1.01. The first kappa shape index (κ1) is 41.0. The number of aliphatic hydroxyl groups excluding tert-OH is 2. The quantitative estimate of drug-likeness (QED) is 0.0585. The molecule has 0 aromatic heterocycles. The molecule has 10 heteroatoms. The van der Waals surface area contributed by atoms with Crippen molar-refractivity contribution in [3.63, 3.8) is 0 Å². The molecule has 1 fully saturated rings. The van der Waals surface area contributed by atoms with E-state index in [1.54, 1.807) is 25.2 Å². The molecule has 1 heterocycles. The lowest BCUT2D eigenvalue weighted by molar-refractivity contribution is -0.255. The van der Waals surface area contributed by atoms with Crippen LogP contribution in [0.1, 0.15) is 62.0 Å². The van der Waals surface area contributed by atoms with Crippen molar-refractivity contribution in [2.45, 2.75) is 69.1 Å². The Morgan fingerprint density at radius 1 is 0.914 bits per heavy atom. The summed E-state index contributed by atoms with van der Waals surface area (Å²) in [7, 11) is 4.98. The average molecular weight is 789 g/mol. The number of oxime groups is 1. The van der Waals surface area contributed by atoms with Crippen molar-refractivity contribution in [2.75, 3.05) is 41.1 Å². The van der Waals surface area contributed by atoms with Gasteiger partial charge in [-0.3, -0.25) is 4.79 Å². The van der Waals surface area contributed by atoms with E-state index in [4.69, 9.17) is 23.8 Å². The van der Waals surface area contributed by atoms with Crippen LogP contribution in [0.4, 0.5) is 0 Å². The normalized spacial score (nSPS) is 23.9. The number of carbonyl (C=O) groups excluding carboxylic acids is 1. The fraction of sp³-hybridized carbons (Fsp3) is 0.417. The number of benzene rings is 4. The molecule has 306 valence electrons. The number of rotatable bonds is 18. The first-order valence-corrected chi connectivity index (χ1v) is 20.5. The van der Waals surface area contributed by atoms with Gasteiger partial charge in [-0.2, -0.15) is 0 Å². The van der Waals surface area contributed by atoms with Crippen LogP contribution in [0.3, 0.4) is 0 Å². The van der Waals surface area contributed by atoms with E-state index in [-0.39, 0.29) is 49.9 Å².